The Morgan fingerprint density at radius 3 is 2.43 bits per heavy atom. The zero-order valence-corrected chi connectivity index (χ0v) is 13.1. The fraction of sp³-hybridized carbons (Fsp3) is 0.143. The predicted octanol–water partition coefficient (Wildman–Crippen LogP) is 1.99. The summed E-state index contributed by atoms with van der Waals surface area (Å²) in [6.45, 7) is 0. The Bertz CT molecular complexity index is 785. The summed E-state index contributed by atoms with van der Waals surface area (Å²) >= 11 is 1.33. The van der Waals surface area contributed by atoms with E-state index in [9.17, 15) is 0 Å². The lowest BCUT2D eigenvalue weighted by Crippen LogP contribution is -1.99. The largest absolute Gasteiger partial charge is 0.497 e. The molecule has 23 heavy (non-hydrogen) atoms. The van der Waals surface area contributed by atoms with E-state index in [0.717, 1.165) is 11.3 Å². The van der Waals surface area contributed by atoms with Crippen molar-refractivity contribution in [2.45, 2.75) is 10.9 Å². The summed E-state index contributed by atoms with van der Waals surface area (Å²) in [4.78, 5) is 12.5. The molecule has 0 aliphatic carbocycles. The summed E-state index contributed by atoms with van der Waals surface area (Å²) in [5.74, 6) is 2.84. The van der Waals surface area contributed by atoms with Gasteiger partial charge in [-0.1, -0.05) is 16.9 Å². The van der Waals surface area contributed by atoms with Gasteiger partial charge in [0.1, 0.15) is 17.4 Å². The van der Waals surface area contributed by atoms with Crippen LogP contribution in [0.2, 0.25) is 0 Å². The van der Waals surface area contributed by atoms with Gasteiger partial charge in [-0.2, -0.15) is 4.98 Å². The number of nitrogens with two attached hydrogens (primary N) is 2. The average molecular weight is 330 g/mol. The van der Waals surface area contributed by atoms with Crippen LogP contribution in [0.25, 0.3) is 11.5 Å². The van der Waals surface area contributed by atoms with Crippen molar-refractivity contribution in [2.75, 3.05) is 18.6 Å². The van der Waals surface area contributed by atoms with Crippen molar-refractivity contribution < 1.29 is 9.26 Å². The van der Waals surface area contributed by atoms with Crippen LogP contribution in [0.3, 0.4) is 0 Å². The first-order valence-electron chi connectivity index (χ1n) is 6.64. The van der Waals surface area contributed by atoms with Crippen LogP contribution < -0.4 is 16.2 Å². The normalized spacial score (nSPS) is 10.7. The fourth-order valence-corrected chi connectivity index (χ4v) is 2.53. The van der Waals surface area contributed by atoms with Crippen molar-refractivity contribution in [3.63, 3.8) is 0 Å². The van der Waals surface area contributed by atoms with E-state index in [1.807, 2.05) is 24.3 Å². The molecule has 2 heterocycles. The molecule has 0 saturated carbocycles. The number of benzene rings is 1. The summed E-state index contributed by atoms with van der Waals surface area (Å²) in [5.41, 5.74) is 12.1. The fourth-order valence-electron chi connectivity index (χ4n) is 1.82. The Hall–Kier alpha value is -2.81. The molecule has 0 aliphatic heterocycles. The number of anilines is 2. The SMILES string of the molecule is COc1ccc(-c2nc(CSc3nc(N)cc(N)n3)no2)cc1. The number of nitrogens with zero attached hydrogens (tertiary/aromatic N) is 4. The number of methoxy groups -OCH3 is 1. The van der Waals surface area contributed by atoms with Gasteiger partial charge in [0, 0.05) is 11.6 Å². The van der Waals surface area contributed by atoms with Gasteiger partial charge in [-0.05, 0) is 24.3 Å². The van der Waals surface area contributed by atoms with Crippen LogP contribution in [-0.2, 0) is 5.75 Å². The zero-order valence-electron chi connectivity index (χ0n) is 12.3. The number of rotatable bonds is 5. The van der Waals surface area contributed by atoms with E-state index in [2.05, 4.69) is 20.1 Å². The van der Waals surface area contributed by atoms with Crippen LogP contribution in [0.4, 0.5) is 11.6 Å². The number of hydrogen-bond acceptors (Lipinski definition) is 9. The molecule has 3 aromatic rings. The maximum Gasteiger partial charge on any atom is 0.257 e. The quantitative estimate of drug-likeness (QED) is 0.533. The first kappa shape index (κ1) is 15.1. The van der Waals surface area contributed by atoms with E-state index >= 15 is 0 Å². The van der Waals surface area contributed by atoms with Crippen molar-refractivity contribution in [2.24, 2.45) is 0 Å². The standard InChI is InChI=1S/C14H14N6O2S/c1-21-9-4-2-8(3-5-9)13-19-12(20-22-13)7-23-14-17-10(15)6-11(16)18-14/h2-6H,7H2,1H3,(H4,15,16,17,18). The molecule has 4 N–H and O–H groups in total. The molecule has 3 rings (SSSR count). The molecule has 0 spiro atoms. The molecule has 0 aliphatic rings. The lowest BCUT2D eigenvalue weighted by molar-refractivity contribution is 0.414. The van der Waals surface area contributed by atoms with Crippen LogP contribution >= 0.6 is 11.8 Å². The van der Waals surface area contributed by atoms with Crippen molar-refractivity contribution in [1.29, 1.82) is 0 Å². The van der Waals surface area contributed by atoms with E-state index in [1.54, 1.807) is 7.11 Å². The van der Waals surface area contributed by atoms with Crippen LogP contribution in [0.15, 0.2) is 40.0 Å². The third-order valence-corrected chi connectivity index (χ3v) is 3.72. The van der Waals surface area contributed by atoms with Crippen LogP contribution in [0, 0.1) is 0 Å². The molecule has 118 valence electrons. The maximum absolute atomic E-state index is 5.63. The Morgan fingerprint density at radius 1 is 1.09 bits per heavy atom. The smallest absolute Gasteiger partial charge is 0.257 e. The van der Waals surface area contributed by atoms with Gasteiger partial charge >= 0.3 is 0 Å². The molecule has 0 radical (unpaired) electrons. The van der Waals surface area contributed by atoms with Crippen molar-refractivity contribution >= 4 is 23.4 Å². The summed E-state index contributed by atoms with van der Waals surface area (Å²) in [5, 5.41) is 4.41. The number of nitrogen functional groups attached to an aromatic ring is 2. The van der Waals surface area contributed by atoms with E-state index in [4.69, 9.17) is 20.7 Å². The van der Waals surface area contributed by atoms with Crippen LogP contribution in [0.1, 0.15) is 5.82 Å². The van der Waals surface area contributed by atoms with E-state index in [-0.39, 0.29) is 0 Å². The van der Waals surface area contributed by atoms with Gasteiger partial charge in [-0.3, -0.25) is 0 Å². The number of ether oxygens (including phenoxy) is 1. The highest BCUT2D eigenvalue weighted by Crippen LogP contribution is 2.23. The minimum Gasteiger partial charge on any atom is -0.497 e. The molecule has 0 fully saturated rings. The first-order valence-corrected chi connectivity index (χ1v) is 7.62. The molecular formula is C14H14N6O2S. The van der Waals surface area contributed by atoms with Crippen molar-refractivity contribution in [3.8, 4) is 17.2 Å². The topological polar surface area (TPSA) is 126 Å². The van der Waals surface area contributed by atoms with Gasteiger partial charge in [0.15, 0.2) is 11.0 Å². The Kier molecular flexibility index (Phi) is 4.29. The number of hydrogen-bond donors (Lipinski definition) is 2. The first-order chi connectivity index (χ1) is 11.1. The van der Waals surface area contributed by atoms with E-state index in [1.165, 1.54) is 17.8 Å². The minimum atomic E-state index is 0.326. The predicted molar refractivity (Wildman–Crippen MR) is 86.7 cm³/mol. The molecule has 9 heteroatoms. The zero-order chi connectivity index (χ0) is 16.2. The number of aromatic nitrogens is 4. The molecule has 1 aromatic carbocycles. The Labute approximate surface area is 136 Å². The minimum absolute atomic E-state index is 0.326. The Balaban J connectivity index is 1.69. The summed E-state index contributed by atoms with van der Waals surface area (Å²) < 4.78 is 10.4. The molecule has 0 bridgehead atoms. The second kappa shape index (κ2) is 6.53. The van der Waals surface area contributed by atoms with Crippen LogP contribution in [0.5, 0.6) is 5.75 Å². The molecular weight excluding hydrogens is 316 g/mol. The lowest BCUT2D eigenvalue weighted by atomic mass is 10.2. The average Bonchev–Trinajstić information content (AvgIpc) is 3.01. The Morgan fingerprint density at radius 2 is 1.78 bits per heavy atom. The number of thioether (sulfide) groups is 1. The van der Waals surface area contributed by atoms with Gasteiger partial charge in [0.05, 0.1) is 12.9 Å². The monoisotopic (exact) mass is 330 g/mol. The maximum atomic E-state index is 5.63. The van der Waals surface area contributed by atoms with E-state index < -0.39 is 0 Å². The van der Waals surface area contributed by atoms with Gasteiger partial charge in [0.2, 0.25) is 0 Å². The molecule has 0 unspecified atom stereocenters. The van der Waals surface area contributed by atoms with Gasteiger partial charge in [-0.15, -0.1) is 0 Å². The van der Waals surface area contributed by atoms with Gasteiger partial charge < -0.3 is 20.7 Å². The highest BCUT2D eigenvalue weighted by atomic mass is 32.2. The summed E-state index contributed by atoms with van der Waals surface area (Å²) in [7, 11) is 1.61. The molecule has 8 nitrogen and oxygen atoms in total. The molecule has 0 amide bonds. The van der Waals surface area contributed by atoms with Crippen LogP contribution in [-0.4, -0.2) is 27.2 Å². The summed E-state index contributed by atoms with van der Waals surface area (Å²) in [6, 6.07) is 8.87. The highest BCUT2D eigenvalue weighted by Gasteiger charge is 2.10. The van der Waals surface area contributed by atoms with Crippen molar-refractivity contribution in [1.82, 2.24) is 20.1 Å². The highest BCUT2D eigenvalue weighted by molar-refractivity contribution is 7.98. The third kappa shape index (κ3) is 3.69. The molecule has 0 saturated heterocycles. The van der Waals surface area contributed by atoms with E-state index in [0.29, 0.717) is 34.3 Å². The summed E-state index contributed by atoms with van der Waals surface area (Å²) in [6.07, 6.45) is 0. The van der Waals surface area contributed by atoms with Crippen molar-refractivity contribution in [3.05, 3.63) is 36.2 Å². The molecule has 2 aromatic heterocycles. The van der Waals surface area contributed by atoms with Gasteiger partial charge in [-0.25, -0.2) is 9.97 Å². The van der Waals surface area contributed by atoms with Gasteiger partial charge in [0.25, 0.3) is 5.89 Å². The second-order valence-electron chi connectivity index (χ2n) is 4.53. The third-order valence-electron chi connectivity index (χ3n) is 2.88. The second-order valence-corrected chi connectivity index (χ2v) is 5.48. The lowest BCUT2D eigenvalue weighted by Gasteiger charge is -2.00. The molecule has 0 atom stereocenters.